The van der Waals surface area contributed by atoms with Crippen LogP contribution in [0.2, 0.25) is 5.28 Å². The third kappa shape index (κ3) is 6.68. The van der Waals surface area contributed by atoms with E-state index in [1.54, 1.807) is 0 Å². The molecule has 2 fully saturated rings. The van der Waals surface area contributed by atoms with Crippen LogP contribution in [-0.2, 0) is 0 Å². The highest BCUT2D eigenvalue weighted by atomic mass is 35.5. The van der Waals surface area contributed by atoms with Crippen molar-refractivity contribution >= 4 is 17.5 Å². The number of anilines is 1. The molecular formula is C21H35ClN4. The Morgan fingerprint density at radius 1 is 0.615 bits per heavy atom. The second kappa shape index (κ2) is 11.1. The van der Waals surface area contributed by atoms with E-state index in [2.05, 4.69) is 15.3 Å². The molecule has 2 aliphatic carbocycles. The quantitative estimate of drug-likeness (QED) is 0.597. The van der Waals surface area contributed by atoms with Crippen LogP contribution >= 0.6 is 11.6 Å². The van der Waals surface area contributed by atoms with Gasteiger partial charge in [-0.2, -0.15) is 9.97 Å². The van der Waals surface area contributed by atoms with Crippen molar-refractivity contribution in [2.75, 3.05) is 5.32 Å². The average molecular weight is 379 g/mol. The van der Waals surface area contributed by atoms with Gasteiger partial charge in [0.15, 0.2) is 0 Å². The van der Waals surface area contributed by atoms with E-state index >= 15 is 0 Å². The molecule has 1 aromatic heterocycles. The van der Waals surface area contributed by atoms with Crippen LogP contribution in [-0.4, -0.2) is 21.0 Å². The molecule has 0 atom stereocenters. The Morgan fingerprint density at radius 3 is 1.69 bits per heavy atom. The molecule has 1 heterocycles. The molecule has 0 radical (unpaired) electrons. The molecule has 1 aromatic rings. The highest BCUT2D eigenvalue weighted by Gasteiger charge is 2.19. The summed E-state index contributed by atoms with van der Waals surface area (Å²) in [6.07, 6.45) is 20.9. The van der Waals surface area contributed by atoms with Gasteiger partial charge in [-0.25, -0.2) is 4.98 Å². The van der Waals surface area contributed by atoms with Crippen molar-refractivity contribution < 1.29 is 0 Å². The number of aromatic nitrogens is 3. The van der Waals surface area contributed by atoms with E-state index in [9.17, 15) is 0 Å². The Morgan fingerprint density at radius 2 is 1.12 bits per heavy atom. The molecule has 4 nitrogen and oxygen atoms in total. The summed E-state index contributed by atoms with van der Waals surface area (Å²) in [6, 6.07) is 0.483. The normalized spacial score (nSPS) is 22.3. The SMILES string of the molecule is Clc1nc(NC2CCCCCC2)nc(C2CCCCCCCCCC2)n1. The van der Waals surface area contributed by atoms with Gasteiger partial charge < -0.3 is 5.32 Å². The number of halogens is 1. The van der Waals surface area contributed by atoms with Crippen molar-refractivity contribution in [1.29, 1.82) is 0 Å². The molecule has 0 unspecified atom stereocenters. The van der Waals surface area contributed by atoms with E-state index in [1.807, 2.05) is 0 Å². The van der Waals surface area contributed by atoms with Crippen LogP contribution in [0.25, 0.3) is 0 Å². The topological polar surface area (TPSA) is 50.7 Å². The fraction of sp³-hybridized carbons (Fsp3) is 0.857. The molecular weight excluding hydrogens is 344 g/mol. The third-order valence-electron chi connectivity index (χ3n) is 6.03. The summed E-state index contributed by atoms with van der Waals surface area (Å²) >= 11 is 6.27. The molecule has 26 heavy (non-hydrogen) atoms. The largest absolute Gasteiger partial charge is 0.351 e. The Balaban J connectivity index is 1.67. The first-order valence-electron chi connectivity index (χ1n) is 11.0. The molecule has 0 aromatic carbocycles. The first kappa shape index (κ1) is 19.9. The number of hydrogen-bond donors (Lipinski definition) is 1. The molecule has 0 saturated heterocycles. The van der Waals surface area contributed by atoms with Gasteiger partial charge in [-0.1, -0.05) is 77.0 Å². The van der Waals surface area contributed by atoms with Gasteiger partial charge in [0.1, 0.15) is 5.82 Å². The van der Waals surface area contributed by atoms with Crippen LogP contribution in [0.1, 0.15) is 114 Å². The van der Waals surface area contributed by atoms with E-state index in [0.29, 0.717) is 23.2 Å². The smallest absolute Gasteiger partial charge is 0.227 e. The van der Waals surface area contributed by atoms with Crippen LogP contribution in [0.3, 0.4) is 0 Å². The first-order valence-corrected chi connectivity index (χ1v) is 11.4. The molecule has 146 valence electrons. The number of nitrogens with one attached hydrogen (secondary N) is 1. The third-order valence-corrected chi connectivity index (χ3v) is 6.20. The summed E-state index contributed by atoms with van der Waals surface area (Å²) in [6.45, 7) is 0. The van der Waals surface area contributed by atoms with Gasteiger partial charge in [0.2, 0.25) is 11.2 Å². The lowest BCUT2D eigenvalue weighted by atomic mass is 9.94. The van der Waals surface area contributed by atoms with Gasteiger partial charge in [0.25, 0.3) is 0 Å². The summed E-state index contributed by atoms with van der Waals surface area (Å²) in [4.78, 5) is 13.7. The molecule has 1 N–H and O–H groups in total. The minimum Gasteiger partial charge on any atom is -0.351 e. The van der Waals surface area contributed by atoms with Crippen molar-refractivity contribution in [2.24, 2.45) is 0 Å². The molecule has 0 amide bonds. The maximum Gasteiger partial charge on any atom is 0.227 e. The second-order valence-electron chi connectivity index (χ2n) is 8.22. The number of hydrogen-bond acceptors (Lipinski definition) is 4. The zero-order chi connectivity index (χ0) is 18.0. The van der Waals surface area contributed by atoms with Crippen LogP contribution in [0.5, 0.6) is 0 Å². The molecule has 0 bridgehead atoms. The minimum absolute atomic E-state index is 0.348. The highest BCUT2D eigenvalue weighted by molar-refractivity contribution is 6.28. The summed E-state index contributed by atoms with van der Waals surface area (Å²) in [5, 5.41) is 3.90. The maximum atomic E-state index is 6.27. The fourth-order valence-electron chi connectivity index (χ4n) is 4.46. The Kier molecular flexibility index (Phi) is 8.44. The molecule has 3 rings (SSSR count). The molecule has 0 aliphatic heterocycles. The van der Waals surface area contributed by atoms with E-state index in [1.165, 1.54) is 103 Å². The first-order chi connectivity index (χ1) is 12.8. The predicted octanol–water partition coefficient (Wildman–Crippen LogP) is 6.66. The van der Waals surface area contributed by atoms with E-state index < -0.39 is 0 Å². The van der Waals surface area contributed by atoms with Crippen molar-refractivity contribution in [3.63, 3.8) is 0 Å². The van der Waals surface area contributed by atoms with E-state index in [4.69, 9.17) is 16.6 Å². The fourth-order valence-corrected chi connectivity index (χ4v) is 4.63. The van der Waals surface area contributed by atoms with Gasteiger partial charge in [-0.3, -0.25) is 0 Å². The van der Waals surface area contributed by atoms with E-state index in [-0.39, 0.29) is 0 Å². The molecule has 5 heteroatoms. The van der Waals surface area contributed by atoms with Gasteiger partial charge in [-0.05, 0) is 37.3 Å². The molecule has 0 spiro atoms. The minimum atomic E-state index is 0.348. The van der Waals surface area contributed by atoms with Crippen molar-refractivity contribution in [1.82, 2.24) is 15.0 Å². The summed E-state index contributed by atoms with van der Waals surface area (Å²) in [7, 11) is 0. The average Bonchev–Trinajstić information content (AvgIpc) is 2.91. The van der Waals surface area contributed by atoms with Gasteiger partial charge in [-0.15, -0.1) is 0 Å². The highest BCUT2D eigenvalue weighted by Crippen LogP contribution is 2.29. The van der Waals surface area contributed by atoms with Gasteiger partial charge in [0, 0.05) is 12.0 Å². The lowest BCUT2D eigenvalue weighted by Gasteiger charge is -2.19. The maximum absolute atomic E-state index is 6.27. The zero-order valence-corrected chi connectivity index (χ0v) is 16.9. The van der Waals surface area contributed by atoms with Gasteiger partial charge >= 0.3 is 0 Å². The Labute approximate surface area is 164 Å². The standard InChI is InChI=1S/C21H35ClN4/c22-20-24-19(17-13-9-5-3-1-2-4-6-10-14-17)25-21(26-20)23-18-15-11-7-8-12-16-18/h17-18H,1-16H2,(H,23,24,25,26). The van der Waals surface area contributed by atoms with Crippen LogP contribution in [0.15, 0.2) is 0 Å². The van der Waals surface area contributed by atoms with Crippen molar-refractivity contribution in [2.45, 2.75) is 115 Å². The molecule has 2 saturated carbocycles. The van der Waals surface area contributed by atoms with Crippen LogP contribution in [0, 0.1) is 0 Å². The predicted molar refractivity (Wildman–Crippen MR) is 109 cm³/mol. The summed E-state index contributed by atoms with van der Waals surface area (Å²) in [5.74, 6) is 2.05. The van der Waals surface area contributed by atoms with Crippen LogP contribution < -0.4 is 5.32 Å². The van der Waals surface area contributed by atoms with Gasteiger partial charge in [0.05, 0.1) is 0 Å². The summed E-state index contributed by atoms with van der Waals surface area (Å²) < 4.78 is 0. The lowest BCUT2D eigenvalue weighted by molar-refractivity contribution is 0.492. The van der Waals surface area contributed by atoms with Crippen LogP contribution in [0.4, 0.5) is 5.95 Å². The van der Waals surface area contributed by atoms with Crippen molar-refractivity contribution in [3.8, 4) is 0 Å². The Hall–Kier alpha value is -0.900. The number of rotatable bonds is 3. The second-order valence-corrected chi connectivity index (χ2v) is 8.56. The Bertz CT molecular complexity index is 517. The molecule has 2 aliphatic rings. The van der Waals surface area contributed by atoms with E-state index in [0.717, 1.165) is 5.82 Å². The zero-order valence-electron chi connectivity index (χ0n) is 16.2. The monoisotopic (exact) mass is 378 g/mol. The van der Waals surface area contributed by atoms with Crippen molar-refractivity contribution in [3.05, 3.63) is 11.1 Å². The number of nitrogens with zero attached hydrogens (tertiary/aromatic N) is 3. The summed E-state index contributed by atoms with van der Waals surface area (Å²) in [5.41, 5.74) is 0. The lowest BCUT2D eigenvalue weighted by Crippen LogP contribution is -2.21.